The molecule has 0 radical (unpaired) electrons. The van der Waals surface area contributed by atoms with E-state index in [0.29, 0.717) is 18.7 Å². The molecular weight excluding hydrogens is 370 g/mol. The molecule has 29 heavy (non-hydrogen) atoms. The molecule has 6 nitrogen and oxygen atoms in total. The van der Waals surface area contributed by atoms with Gasteiger partial charge in [-0.3, -0.25) is 4.79 Å². The summed E-state index contributed by atoms with van der Waals surface area (Å²) in [6.07, 6.45) is 2.90. The van der Waals surface area contributed by atoms with Gasteiger partial charge in [-0.2, -0.15) is 0 Å². The molecule has 152 valence electrons. The molecule has 0 saturated carbocycles. The number of hydrogen-bond acceptors (Lipinski definition) is 5. The predicted octanol–water partition coefficient (Wildman–Crippen LogP) is 4.02. The molecule has 0 bridgehead atoms. The molecule has 4 rings (SSSR count). The van der Waals surface area contributed by atoms with Gasteiger partial charge in [-0.15, -0.1) is 0 Å². The second-order valence-corrected chi connectivity index (χ2v) is 7.21. The molecule has 1 atom stereocenters. The van der Waals surface area contributed by atoms with Crippen LogP contribution in [0.5, 0.6) is 17.2 Å². The maximum atomic E-state index is 12.6. The van der Waals surface area contributed by atoms with Crippen LogP contribution in [-0.4, -0.2) is 25.7 Å². The number of hydrogen-bond donors (Lipinski definition) is 1. The van der Waals surface area contributed by atoms with Gasteiger partial charge in [0.1, 0.15) is 28.9 Å². The highest BCUT2D eigenvalue weighted by Crippen LogP contribution is 2.35. The SMILES string of the molecule is CCOc1cc2c(cc1CNC(=O)Cc1coc3cc(OC)ccc13)OC(C)C2. The Labute approximate surface area is 169 Å². The molecule has 1 aliphatic heterocycles. The van der Waals surface area contributed by atoms with Crippen molar-refractivity contribution < 1.29 is 23.4 Å². The highest BCUT2D eigenvalue weighted by Gasteiger charge is 2.22. The van der Waals surface area contributed by atoms with Crippen LogP contribution in [-0.2, 0) is 24.2 Å². The number of fused-ring (bicyclic) bond motifs is 2. The van der Waals surface area contributed by atoms with Gasteiger partial charge < -0.3 is 23.9 Å². The third kappa shape index (κ3) is 4.01. The second kappa shape index (κ2) is 8.07. The normalized spacial score (nSPS) is 15.1. The van der Waals surface area contributed by atoms with Crippen LogP contribution in [0.3, 0.4) is 0 Å². The Morgan fingerprint density at radius 2 is 2.10 bits per heavy atom. The predicted molar refractivity (Wildman–Crippen MR) is 110 cm³/mol. The lowest BCUT2D eigenvalue weighted by Crippen LogP contribution is -2.24. The van der Waals surface area contributed by atoms with Gasteiger partial charge in [0.25, 0.3) is 0 Å². The Hall–Kier alpha value is -3.15. The number of carbonyl (C=O) groups excluding carboxylic acids is 1. The molecule has 1 unspecified atom stereocenters. The maximum Gasteiger partial charge on any atom is 0.224 e. The van der Waals surface area contributed by atoms with Gasteiger partial charge in [0.15, 0.2) is 0 Å². The summed E-state index contributed by atoms with van der Waals surface area (Å²) in [5.74, 6) is 2.31. The quantitative estimate of drug-likeness (QED) is 0.654. The van der Waals surface area contributed by atoms with Crippen molar-refractivity contribution in [1.82, 2.24) is 5.32 Å². The Kier molecular flexibility index (Phi) is 5.34. The van der Waals surface area contributed by atoms with Crippen molar-refractivity contribution in [3.8, 4) is 17.2 Å². The van der Waals surface area contributed by atoms with E-state index in [1.165, 1.54) is 0 Å². The number of furan rings is 1. The summed E-state index contributed by atoms with van der Waals surface area (Å²) in [5.41, 5.74) is 3.61. The molecule has 1 aliphatic rings. The van der Waals surface area contributed by atoms with E-state index in [4.69, 9.17) is 18.6 Å². The first kappa shape index (κ1) is 19.2. The van der Waals surface area contributed by atoms with Crippen LogP contribution in [0.1, 0.15) is 30.5 Å². The summed E-state index contributed by atoms with van der Waals surface area (Å²) in [6, 6.07) is 9.59. The minimum absolute atomic E-state index is 0.0826. The highest BCUT2D eigenvalue weighted by molar-refractivity contribution is 5.88. The molecule has 1 amide bonds. The zero-order valence-corrected chi connectivity index (χ0v) is 16.9. The van der Waals surface area contributed by atoms with E-state index in [-0.39, 0.29) is 18.4 Å². The van der Waals surface area contributed by atoms with Gasteiger partial charge >= 0.3 is 0 Å². The zero-order chi connectivity index (χ0) is 20.4. The van der Waals surface area contributed by atoms with Crippen molar-refractivity contribution in [2.45, 2.75) is 39.3 Å². The lowest BCUT2D eigenvalue weighted by molar-refractivity contribution is -0.120. The smallest absolute Gasteiger partial charge is 0.224 e. The molecular formula is C23H25NO5. The summed E-state index contributed by atoms with van der Waals surface area (Å²) >= 11 is 0. The van der Waals surface area contributed by atoms with Gasteiger partial charge in [-0.1, -0.05) is 0 Å². The highest BCUT2D eigenvalue weighted by atomic mass is 16.5. The lowest BCUT2D eigenvalue weighted by Gasteiger charge is -2.13. The van der Waals surface area contributed by atoms with Gasteiger partial charge in [0.05, 0.1) is 26.4 Å². The van der Waals surface area contributed by atoms with Crippen LogP contribution < -0.4 is 19.5 Å². The van der Waals surface area contributed by atoms with Crippen LogP contribution in [0.25, 0.3) is 11.0 Å². The van der Waals surface area contributed by atoms with Gasteiger partial charge in [-0.05, 0) is 38.1 Å². The average molecular weight is 395 g/mol. The maximum absolute atomic E-state index is 12.6. The first-order chi connectivity index (χ1) is 14.1. The van der Waals surface area contributed by atoms with Gasteiger partial charge in [0, 0.05) is 41.1 Å². The third-order valence-corrected chi connectivity index (χ3v) is 5.07. The fraction of sp³-hybridized carbons (Fsp3) is 0.348. The molecule has 0 fully saturated rings. The first-order valence-electron chi connectivity index (χ1n) is 9.83. The molecule has 2 aromatic carbocycles. The Bertz CT molecular complexity index is 1040. The largest absolute Gasteiger partial charge is 0.497 e. The lowest BCUT2D eigenvalue weighted by atomic mass is 10.1. The Balaban J connectivity index is 1.45. The van der Waals surface area contributed by atoms with Crippen molar-refractivity contribution in [3.05, 3.63) is 53.3 Å². The summed E-state index contributed by atoms with van der Waals surface area (Å²) in [6.45, 7) is 4.95. The molecule has 6 heteroatoms. The summed E-state index contributed by atoms with van der Waals surface area (Å²) in [7, 11) is 1.61. The monoisotopic (exact) mass is 395 g/mol. The summed E-state index contributed by atoms with van der Waals surface area (Å²) in [4.78, 5) is 12.6. The standard InChI is InChI=1S/C23H25NO5/c1-4-27-20-8-15-7-14(2)29-21(15)9-16(20)12-24-23(25)10-17-13-28-22-11-18(26-3)5-6-19(17)22/h5-6,8-9,11,13-14H,4,7,10,12H2,1-3H3,(H,24,25). The van der Waals surface area contributed by atoms with Crippen molar-refractivity contribution in [3.63, 3.8) is 0 Å². The van der Waals surface area contributed by atoms with Crippen molar-refractivity contribution in [1.29, 1.82) is 0 Å². The van der Waals surface area contributed by atoms with Crippen LogP contribution in [0, 0.1) is 0 Å². The van der Waals surface area contributed by atoms with Gasteiger partial charge in [0.2, 0.25) is 5.91 Å². The van der Waals surface area contributed by atoms with E-state index in [1.54, 1.807) is 13.4 Å². The van der Waals surface area contributed by atoms with Crippen molar-refractivity contribution in [2.75, 3.05) is 13.7 Å². The number of amides is 1. The van der Waals surface area contributed by atoms with E-state index in [0.717, 1.165) is 45.7 Å². The van der Waals surface area contributed by atoms with Gasteiger partial charge in [-0.25, -0.2) is 0 Å². The average Bonchev–Trinajstić information content (AvgIpc) is 3.27. The topological polar surface area (TPSA) is 69.9 Å². The van der Waals surface area contributed by atoms with Crippen molar-refractivity contribution in [2.24, 2.45) is 0 Å². The molecule has 0 aliphatic carbocycles. The fourth-order valence-corrected chi connectivity index (χ4v) is 3.67. The van der Waals surface area contributed by atoms with Crippen LogP contribution in [0.15, 0.2) is 41.0 Å². The second-order valence-electron chi connectivity index (χ2n) is 7.21. The number of carbonyl (C=O) groups is 1. The van der Waals surface area contributed by atoms with Crippen LogP contribution in [0.2, 0.25) is 0 Å². The van der Waals surface area contributed by atoms with E-state index in [1.807, 2.05) is 44.2 Å². The molecule has 3 aromatic rings. The van der Waals surface area contributed by atoms with E-state index < -0.39 is 0 Å². The van der Waals surface area contributed by atoms with Crippen molar-refractivity contribution >= 4 is 16.9 Å². The van der Waals surface area contributed by atoms with Crippen LogP contribution >= 0.6 is 0 Å². The number of benzene rings is 2. The first-order valence-corrected chi connectivity index (χ1v) is 9.83. The zero-order valence-electron chi connectivity index (χ0n) is 16.9. The molecule has 2 heterocycles. The number of rotatable bonds is 7. The summed E-state index contributed by atoms with van der Waals surface area (Å²) < 4.78 is 22.4. The van der Waals surface area contributed by atoms with E-state index in [9.17, 15) is 4.79 Å². The Morgan fingerprint density at radius 1 is 1.24 bits per heavy atom. The van der Waals surface area contributed by atoms with E-state index in [2.05, 4.69) is 5.32 Å². The minimum Gasteiger partial charge on any atom is -0.497 e. The van der Waals surface area contributed by atoms with E-state index >= 15 is 0 Å². The Morgan fingerprint density at radius 3 is 2.90 bits per heavy atom. The number of ether oxygens (including phenoxy) is 3. The molecule has 0 saturated heterocycles. The third-order valence-electron chi connectivity index (χ3n) is 5.07. The molecule has 1 N–H and O–H groups in total. The molecule has 1 aromatic heterocycles. The fourth-order valence-electron chi connectivity index (χ4n) is 3.67. The minimum atomic E-state index is -0.0826. The number of nitrogens with one attached hydrogen (secondary N) is 1. The summed E-state index contributed by atoms with van der Waals surface area (Å²) in [5, 5.41) is 3.90. The van der Waals surface area contributed by atoms with Crippen LogP contribution in [0.4, 0.5) is 0 Å². The molecule has 0 spiro atoms. The number of methoxy groups -OCH3 is 1.